The molecule has 0 amide bonds. The molecule has 0 atom stereocenters. The van der Waals surface area contributed by atoms with E-state index in [-0.39, 0.29) is 13.4 Å². The van der Waals surface area contributed by atoms with Gasteiger partial charge in [0.05, 0.1) is 0 Å². The lowest BCUT2D eigenvalue weighted by atomic mass is 9.31. The van der Waals surface area contributed by atoms with Crippen LogP contribution in [0.1, 0.15) is 72.9 Å². The van der Waals surface area contributed by atoms with Crippen LogP contribution in [0.4, 0.5) is 34.1 Å². The molecule has 0 bridgehead atoms. The van der Waals surface area contributed by atoms with E-state index in [2.05, 4.69) is 259 Å². The second-order valence-corrected chi connectivity index (χ2v) is 23.6. The van der Waals surface area contributed by atoms with Crippen molar-refractivity contribution in [1.29, 1.82) is 0 Å². The van der Waals surface area contributed by atoms with Crippen molar-refractivity contribution in [2.45, 2.75) is 67.2 Å². The van der Waals surface area contributed by atoms with E-state index in [9.17, 15) is 0 Å². The van der Waals surface area contributed by atoms with Gasteiger partial charge in [-0.2, -0.15) is 0 Å². The highest BCUT2D eigenvalue weighted by molar-refractivity contribution is 7.02. The Morgan fingerprint density at radius 1 is 0.308 bits per heavy atom. The van der Waals surface area contributed by atoms with Crippen LogP contribution in [0.3, 0.4) is 0 Å². The van der Waals surface area contributed by atoms with Gasteiger partial charge in [-0.05, 0) is 232 Å². The first kappa shape index (κ1) is 45.6. The highest BCUT2D eigenvalue weighted by atomic mass is 15.2. The van der Waals surface area contributed by atoms with Gasteiger partial charge in [0.1, 0.15) is 0 Å². The van der Waals surface area contributed by atoms with E-state index >= 15 is 0 Å². The Balaban J connectivity index is 1.16. The minimum absolute atomic E-state index is 0.00136. The van der Waals surface area contributed by atoms with Gasteiger partial charge in [0.15, 0.2) is 0 Å². The van der Waals surface area contributed by atoms with Gasteiger partial charge in [-0.25, -0.2) is 0 Å². The quantitative estimate of drug-likeness (QED) is 0.121. The Hall–Kier alpha value is -8.59. The van der Waals surface area contributed by atoms with E-state index in [4.69, 9.17) is 0 Å². The van der Waals surface area contributed by atoms with Crippen molar-refractivity contribution in [2.24, 2.45) is 0 Å². The second kappa shape index (κ2) is 16.5. The molecule has 12 aromatic rings. The molecule has 12 aromatic carbocycles. The summed E-state index contributed by atoms with van der Waals surface area (Å²) >= 11 is 0. The number of hydrogen-bond donors (Lipinski definition) is 0. The summed E-state index contributed by atoms with van der Waals surface area (Å²) in [7, 11) is 0. The molecule has 0 saturated heterocycles. The van der Waals surface area contributed by atoms with Crippen LogP contribution in [-0.2, 0) is 0 Å². The molecule has 0 N–H and O–H groups in total. The topological polar surface area (TPSA) is 6.48 Å². The minimum atomic E-state index is 0.00136. The summed E-state index contributed by atoms with van der Waals surface area (Å²) in [6, 6.07) is 75.5. The van der Waals surface area contributed by atoms with Crippen LogP contribution < -0.4 is 42.6 Å². The summed E-state index contributed by atoms with van der Waals surface area (Å²) in [5.74, 6) is 0.637. The van der Waals surface area contributed by atoms with Crippen LogP contribution in [-0.4, -0.2) is 13.4 Å². The molecule has 370 valence electrons. The van der Waals surface area contributed by atoms with Gasteiger partial charge in [0.2, 0.25) is 13.4 Å². The maximum atomic E-state index is 2.70. The maximum absolute atomic E-state index is 2.70. The average Bonchev–Trinajstić information content (AvgIpc) is 3.45. The van der Waals surface area contributed by atoms with Crippen LogP contribution in [0.2, 0.25) is 0 Å². The van der Waals surface area contributed by atoms with Crippen LogP contribution in [0.15, 0.2) is 194 Å². The third-order valence-electron chi connectivity index (χ3n) is 18.6. The number of fused-ring (bicyclic) bond motifs is 8. The summed E-state index contributed by atoms with van der Waals surface area (Å²) in [5, 5.41) is 8.28. The van der Waals surface area contributed by atoms with Crippen molar-refractivity contribution in [3.63, 3.8) is 0 Å². The van der Waals surface area contributed by atoms with E-state index in [1.807, 2.05) is 0 Å². The number of nitrogens with zero attached hydrogens (tertiary/aromatic N) is 2. The highest BCUT2D eigenvalue weighted by Crippen LogP contribution is 2.54. The first-order chi connectivity index (χ1) is 38.0. The fourth-order valence-electron chi connectivity index (χ4n) is 15.2. The van der Waals surface area contributed by atoms with Crippen molar-refractivity contribution >= 4 is 113 Å². The number of rotatable bonds is 6. The molecule has 0 unspecified atom stereocenters. The zero-order valence-corrected chi connectivity index (χ0v) is 45.7. The third kappa shape index (κ3) is 6.06. The normalized spacial score (nSPS) is 13.5. The van der Waals surface area contributed by atoms with E-state index in [0.29, 0.717) is 11.8 Å². The molecule has 2 nitrogen and oxygen atoms in total. The first-order valence-corrected chi connectivity index (χ1v) is 28.3. The maximum Gasteiger partial charge on any atom is 0.248 e. The van der Waals surface area contributed by atoms with Gasteiger partial charge in [0, 0.05) is 34.1 Å². The van der Waals surface area contributed by atoms with E-state index in [1.54, 1.807) is 0 Å². The van der Waals surface area contributed by atoms with Crippen molar-refractivity contribution in [1.82, 2.24) is 0 Å². The molecule has 78 heavy (non-hydrogen) atoms. The van der Waals surface area contributed by atoms with Gasteiger partial charge in [-0.1, -0.05) is 172 Å². The van der Waals surface area contributed by atoms with E-state index in [0.717, 1.165) is 0 Å². The summed E-state index contributed by atoms with van der Waals surface area (Å²) in [4.78, 5) is 5.13. The zero-order valence-electron chi connectivity index (χ0n) is 45.7. The van der Waals surface area contributed by atoms with Gasteiger partial charge >= 0.3 is 0 Å². The number of para-hydroxylation sites is 4. The van der Waals surface area contributed by atoms with Crippen molar-refractivity contribution in [3.8, 4) is 44.5 Å². The fraction of sp³-hybridized carbons (Fsp3) is 0.135. The molecule has 16 rings (SSSR count). The summed E-state index contributed by atoms with van der Waals surface area (Å²) in [5.41, 5.74) is 34.4. The van der Waals surface area contributed by atoms with Gasteiger partial charge < -0.3 is 9.80 Å². The lowest BCUT2D eigenvalue weighted by Crippen LogP contribution is -2.60. The van der Waals surface area contributed by atoms with E-state index < -0.39 is 0 Å². The summed E-state index contributed by atoms with van der Waals surface area (Å²) in [6.45, 7) is 18.8. The highest BCUT2D eigenvalue weighted by Gasteiger charge is 2.46. The smallest absolute Gasteiger partial charge is 0.248 e. The number of benzene rings is 12. The average molecular weight is 997 g/mol. The molecule has 4 aliphatic heterocycles. The molecule has 4 heteroatoms. The predicted molar refractivity (Wildman–Crippen MR) is 338 cm³/mol. The lowest BCUT2D eigenvalue weighted by molar-refractivity contribution is 0.867. The van der Waals surface area contributed by atoms with Crippen molar-refractivity contribution < 1.29 is 0 Å². The monoisotopic (exact) mass is 996 g/mol. The molecular formula is C74H58B2N2. The molecule has 0 aromatic heterocycles. The molecular weight excluding hydrogens is 938 g/mol. The Labute approximate surface area is 459 Å². The lowest BCUT2D eigenvalue weighted by Gasteiger charge is -2.43. The molecule has 0 spiro atoms. The van der Waals surface area contributed by atoms with Crippen LogP contribution in [0.25, 0.3) is 76.8 Å². The molecule has 4 heterocycles. The van der Waals surface area contributed by atoms with Crippen molar-refractivity contribution in [2.75, 3.05) is 9.80 Å². The van der Waals surface area contributed by atoms with Crippen molar-refractivity contribution in [3.05, 3.63) is 228 Å². The fourth-order valence-corrected chi connectivity index (χ4v) is 15.2. The molecule has 0 aliphatic carbocycles. The Morgan fingerprint density at radius 3 is 1.06 bits per heavy atom. The second-order valence-electron chi connectivity index (χ2n) is 23.6. The summed E-state index contributed by atoms with van der Waals surface area (Å²) in [6.07, 6.45) is 0. The Bertz CT molecular complexity index is 4240. The van der Waals surface area contributed by atoms with E-state index in [1.165, 1.54) is 177 Å². The third-order valence-corrected chi connectivity index (χ3v) is 18.6. The minimum Gasteiger partial charge on any atom is -0.311 e. The molecule has 4 aliphatic rings. The first-order valence-electron chi connectivity index (χ1n) is 28.3. The molecule has 0 saturated carbocycles. The Kier molecular flexibility index (Phi) is 9.62. The summed E-state index contributed by atoms with van der Waals surface area (Å²) < 4.78 is 0. The Morgan fingerprint density at radius 2 is 0.679 bits per heavy atom. The SMILES string of the molecule is Cc1cccc(C)c1-c1cc2c3c(cc4c(-c5c(C)cccc5C)cc5c6c(cc1c3c46)B1c3ccccc3N(c3ccccc3)c3cc(C(C)C)cc-5c31)B1c3ccccc3N(c3ccccc3)c3cc(C(C)C)cc-2c31. The molecule has 0 radical (unpaired) electrons. The van der Waals surface area contributed by atoms with Crippen LogP contribution in [0.5, 0.6) is 0 Å². The van der Waals surface area contributed by atoms with Gasteiger partial charge in [-0.3, -0.25) is 0 Å². The van der Waals surface area contributed by atoms with Gasteiger partial charge in [0.25, 0.3) is 0 Å². The standard InChI is InChI=1S/C74H58B2N2/c1-41(2)47-33-57-53-37-51(67-43(5)21-19-22-44(67)6)55-40-62-70-54(58-34-48(42(3)4)36-66-74(58)76(62)60-30-16-18-32-64(60)78(66)50-27-13-10-14-28-50)38-52(68-45(7)23-20-24-46(68)8)56-39-61(69(53)71(55)72(56)70)75-59-29-15-17-31-63(59)77(65(35-47)73(57)75)49-25-11-9-12-26-49/h9-42H,1-8H3. The van der Waals surface area contributed by atoms with Gasteiger partial charge in [-0.15, -0.1) is 0 Å². The van der Waals surface area contributed by atoms with Crippen LogP contribution in [0, 0.1) is 27.7 Å². The molecule has 0 fully saturated rings. The number of aryl methyl sites for hydroxylation is 4. The zero-order chi connectivity index (χ0) is 52.6. The number of anilines is 6. The number of hydrogen-bond acceptors (Lipinski definition) is 2. The largest absolute Gasteiger partial charge is 0.311 e. The predicted octanol–water partition coefficient (Wildman–Crippen LogP) is 16.0. The van der Waals surface area contributed by atoms with Crippen LogP contribution >= 0.6 is 0 Å².